The van der Waals surface area contributed by atoms with Gasteiger partial charge in [0.25, 0.3) is 0 Å². The standard InChI is InChI=1S/C7H9F3O/c1-2-3-6(5-11)4-7(8,9)10/h1,6,11H,3-5H2. The van der Waals surface area contributed by atoms with Gasteiger partial charge in [0.2, 0.25) is 0 Å². The molecule has 0 spiro atoms. The first kappa shape index (κ1) is 10.3. The first-order chi connectivity index (χ1) is 4.99. The third kappa shape index (κ3) is 5.74. The lowest BCUT2D eigenvalue weighted by atomic mass is 10.0. The quantitative estimate of drug-likeness (QED) is 0.631. The number of alkyl halides is 3. The number of rotatable bonds is 3. The Bertz CT molecular complexity index is 145. The summed E-state index contributed by atoms with van der Waals surface area (Å²) in [4.78, 5) is 0. The molecule has 0 fully saturated rings. The summed E-state index contributed by atoms with van der Waals surface area (Å²) in [6.45, 7) is -0.510. The number of aliphatic hydroxyl groups is 1. The molecule has 1 nitrogen and oxygen atoms in total. The Kier molecular flexibility index (Phi) is 3.98. The topological polar surface area (TPSA) is 20.2 Å². The van der Waals surface area contributed by atoms with Crippen molar-refractivity contribution in [2.75, 3.05) is 6.61 Å². The zero-order valence-corrected chi connectivity index (χ0v) is 5.86. The van der Waals surface area contributed by atoms with E-state index in [1.807, 2.05) is 0 Å². The number of terminal acetylenes is 1. The Morgan fingerprint density at radius 1 is 1.45 bits per heavy atom. The second kappa shape index (κ2) is 4.24. The second-order valence-corrected chi connectivity index (χ2v) is 2.28. The molecule has 11 heavy (non-hydrogen) atoms. The Morgan fingerprint density at radius 2 is 2.00 bits per heavy atom. The Morgan fingerprint density at radius 3 is 2.27 bits per heavy atom. The average molecular weight is 166 g/mol. The fourth-order valence-electron chi connectivity index (χ4n) is 0.695. The van der Waals surface area contributed by atoms with E-state index < -0.39 is 25.1 Å². The predicted molar refractivity (Wildman–Crippen MR) is 34.7 cm³/mol. The average Bonchev–Trinajstić information content (AvgIpc) is 1.84. The van der Waals surface area contributed by atoms with E-state index in [9.17, 15) is 13.2 Å². The maximum absolute atomic E-state index is 11.6. The van der Waals surface area contributed by atoms with E-state index in [0.29, 0.717) is 0 Å². The van der Waals surface area contributed by atoms with Crippen LogP contribution in [0.25, 0.3) is 0 Å². The van der Waals surface area contributed by atoms with Crippen LogP contribution in [0.2, 0.25) is 0 Å². The molecular formula is C7H9F3O. The van der Waals surface area contributed by atoms with Crippen LogP contribution >= 0.6 is 0 Å². The smallest absolute Gasteiger partial charge is 0.389 e. The fraction of sp³-hybridized carbons (Fsp3) is 0.714. The van der Waals surface area contributed by atoms with Crippen molar-refractivity contribution in [2.45, 2.75) is 19.0 Å². The van der Waals surface area contributed by atoms with Crippen molar-refractivity contribution in [1.29, 1.82) is 0 Å². The summed E-state index contributed by atoms with van der Waals surface area (Å²) in [6, 6.07) is 0. The molecule has 0 radical (unpaired) electrons. The highest BCUT2D eigenvalue weighted by molar-refractivity contribution is 4.87. The molecule has 0 saturated heterocycles. The SMILES string of the molecule is C#CCC(CO)CC(F)(F)F. The number of halogens is 3. The molecule has 4 heteroatoms. The molecule has 0 aromatic heterocycles. The van der Waals surface area contributed by atoms with Crippen molar-refractivity contribution >= 4 is 0 Å². The molecule has 1 N–H and O–H groups in total. The highest BCUT2D eigenvalue weighted by Gasteiger charge is 2.30. The van der Waals surface area contributed by atoms with E-state index >= 15 is 0 Å². The van der Waals surface area contributed by atoms with Crippen molar-refractivity contribution in [3.63, 3.8) is 0 Å². The molecule has 1 atom stereocenters. The lowest BCUT2D eigenvalue weighted by Gasteiger charge is -2.12. The minimum Gasteiger partial charge on any atom is -0.396 e. The molecule has 0 aliphatic heterocycles. The van der Waals surface area contributed by atoms with Crippen LogP contribution in [0.3, 0.4) is 0 Å². The van der Waals surface area contributed by atoms with Crippen LogP contribution in [0.5, 0.6) is 0 Å². The largest absolute Gasteiger partial charge is 0.396 e. The fourth-order valence-corrected chi connectivity index (χ4v) is 0.695. The summed E-state index contributed by atoms with van der Waals surface area (Å²) in [6.07, 6.45) is -0.475. The molecule has 0 aliphatic carbocycles. The van der Waals surface area contributed by atoms with Gasteiger partial charge in [0.05, 0.1) is 0 Å². The third-order valence-electron chi connectivity index (χ3n) is 1.18. The van der Waals surface area contributed by atoms with Crippen LogP contribution in [0.1, 0.15) is 12.8 Å². The van der Waals surface area contributed by atoms with Gasteiger partial charge in [-0.05, 0) is 0 Å². The summed E-state index contributed by atoms with van der Waals surface area (Å²) in [5.41, 5.74) is 0. The number of aliphatic hydroxyl groups excluding tert-OH is 1. The Labute approximate surface area is 63.2 Å². The van der Waals surface area contributed by atoms with Gasteiger partial charge in [-0.1, -0.05) is 0 Å². The van der Waals surface area contributed by atoms with Crippen LogP contribution in [-0.4, -0.2) is 17.9 Å². The Hall–Kier alpha value is -0.690. The lowest BCUT2D eigenvalue weighted by molar-refractivity contribution is -0.146. The zero-order chi connectivity index (χ0) is 8.91. The highest BCUT2D eigenvalue weighted by atomic mass is 19.4. The Balaban J connectivity index is 3.80. The number of hydrogen-bond acceptors (Lipinski definition) is 1. The monoisotopic (exact) mass is 166 g/mol. The van der Waals surface area contributed by atoms with Crippen LogP contribution in [0.15, 0.2) is 0 Å². The van der Waals surface area contributed by atoms with Gasteiger partial charge in [-0.15, -0.1) is 12.3 Å². The minimum atomic E-state index is -4.23. The van der Waals surface area contributed by atoms with E-state index in [1.165, 1.54) is 0 Å². The highest BCUT2D eigenvalue weighted by Crippen LogP contribution is 2.25. The van der Waals surface area contributed by atoms with Gasteiger partial charge in [-0.3, -0.25) is 0 Å². The van der Waals surface area contributed by atoms with Gasteiger partial charge >= 0.3 is 6.18 Å². The number of hydrogen-bond donors (Lipinski definition) is 1. The van der Waals surface area contributed by atoms with Crippen LogP contribution in [0, 0.1) is 18.3 Å². The van der Waals surface area contributed by atoms with Gasteiger partial charge in [-0.2, -0.15) is 13.2 Å². The lowest BCUT2D eigenvalue weighted by Crippen LogP contribution is -2.17. The molecule has 0 amide bonds. The van der Waals surface area contributed by atoms with Crippen molar-refractivity contribution in [1.82, 2.24) is 0 Å². The molecule has 0 bridgehead atoms. The third-order valence-corrected chi connectivity index (χ3v) is 1.18. The first-order valence-electron chi connectivity index (χ1n) is 3.10. The van der Waals surface area contributed by atoms with E-state index in [2.05, 4.69) is 5.92 Å². The normalized spacial score (nSPS) is 14.1. The predicted octanol–water partition coefficient (Wildman–Crippen LogP) is 1.57. The van der Waals surface area contributed by atoms with E-state index in [-0.39, 0.29) is 6.42 Å². The zero-order valence-electron chi connectivity index (χ0n) is 5.86. The summed E-state index contributed by atoms with van der Waals surface area (Å²) < 4.78 is 34.9. The van der Waals surface area contributed by atoms with E-state index in [4.69, 9.17) is 11.5 Å². The molecule has 0 saturated carbocycles. The van der Waals surface area contributed by atoms with E-state index in [1.54, 1.807) is 0 Å². The van der Waals surface area contributed by atoms with Gasteiger partial charge < -0.3 is 5.11 Å². The summed E-state index contributed by atoms with van der Waals surface area (Å²) in [7, 11) is 0. The van der Waals surface area contributed by atoms with Crippen LogP contribution in [0.4, 0.5) is 13.2 Å². The van der Waals surface area contributed by atoms with Gasteiger partial charge in [0.15, 0.2) is 0 Å². The van der Waals surface area contributed by atoms with Gasteiger partial charge in [-0.25, -0.2) is 0 Å². The van der Waals surface area contributed by atoms with Crippen LogP contribution < -0.4 is 0 Å². The molecular weight excluding hydrogens is 157 g/mol. The molecule has 0 aromatic carbocycles. The maximum Gasteiger partial charge on any atom is 0.389 e. The molecule has 64 valence electrons. The minimum absolute atomic E-state index is 0.0317. The molecule has 1 unspecified atom stereocenters. The molecule has 0 aromatic rings. The molecule has 0 rings (SSSR count). The van der Waals surface area contributed by atoms with Gasteiger partial charge in [0.1, 0.15) is 0 Å². The molecule has 0 aliphatic rings. The van der Waals surface area contributed by atoms with Crippen molar-refractivity contribution in [3.05, 3.63) is 0 Å². The summed E-state index contributed by atoms with van der Waals surface area (Å²) in [5, 5.41) is 8.42. The van der Waals surface area contributed by atoms with Crippen molar-refractivity contribution < 1.29 is 18.3 Å². The summed E-state index contributed by atoms with van der Waals surface area (Å²) >= 11 is 0. The van der Waals surface area contributed by atoms with Crippen molar-refractivity contribution in [3.8, 4) is 12.3 Å². The van der Waals surface area contributed by atoms with Crippen molar-refractivity contribution in [2.24, 2.45) is 5.92 Å². The second-order valence-electron chi connectivity index (χ2n) is 2.28. The van der Waals surface area contributed by atoms with E-state index in [0.717, 1.165) is 0 Å². The maximum atomic E-state index is 11.6. The van der Waals surface area contributed by atoms with Gasteiger partial charge in [0, 0.05) is 25.4 Å². The first-order valence-corrected chi connectivity index (χ1v) is 3.10. The summed E-state index contributed by atoms with van der Waals surface area (Å²) in [5.74, 6) is 1.23. The molecule has 0 heterocycles. The van der Waals surface area contributed by atoms with Crippen LogP contribution in [-0.2, 0) is 0 Å².